The smallest absolute Gasteiger partial charge is 0.270 e. The van der Waals surface area contributed by atoms with Crippen LogP contribution in [0.25, 0.3) is 16.7 Å². The molecular weight excluding hydrogens is 470 g/mol. The van der Waals surface area contributed by atoms with Crippen LogP contribution in [-0.4, -0.2) is 66.3 Å². The van der Waals surface area contributed by atoms with E-state index >= 15 is 0 Å². The second-order valence-electron chi connectivity index (χ2n) is 8.88. The highest BCUT2D eigenvalue weighted by molar-refractivity contribution is 7.91. The van der Waals surface area contributed by atoms with Crippen molar-refractivity contribution < 1.29 is 13.2 Å². The predicted octanol–water partition coefficient (Wildman–Crippen LogP) is 1.66. The summed E-state index contributed by atoms with van der Waals surface area (Å²) in [4.78, 5) is 33.1. The first-order valence-corrected chi connectivity index (χ1v) is 13.3. The van der Waals surface area contributed by atoms with E-state index in [4.69, 9.17) is 0 Å². The second kappa shape index (κ2) is 8.91. The van der Waals surface area contributed by atoms with Crippen molar-refractivity contribution in [2.75, 3.05) is 13.1 Å². The molecule has 0 bridgehead atoms. The Bertz CT molecular complexity index is 1580. The summed E-state index contributed by atoms with van der Waals surface area (Å²) in [5, 5.41) is 7.16. The molecule has 0 atom stereocenters. The highest BCUT2D eigenvalue weighted by Gasteiger charge is 2.36. The van der Waals surface area contributed by atoms with Crippen molar-refractivity contribution in [3.63, 3.8) is 0 Å². The average molecular weight is 498 g/mol. The van der Waals surface area contributed by atoms with E-state index in [1.165, 1.54) is 15.3 Å². The maximum Gasteiger partial charge on any atom is 0.270 e. The summed E-state index contributed by atoms with van der Waals surface area (Å²) >= 11 is 0. The monoisotopic (exact) mass is 497 g/mol. The number of hydrogen-bond acceptors (Lipinski definition) is 7. The number of pyridine rings is 1. The molecule has 1 amide bonds. The summed E-state index contributed by atoms with van der Waals surface area (Å²) in [5.41, 5.74) is 1.21. The van der Waals surface area contributed by atoms with Gasteiger partial charge in [-0.3, -0.25) is 14.0 Å². The number of sulfone groups is 1. The zero-order valence-corrected chi connectivity index (χ0v) is 20.5. The molecule has 0 saturated carbocycles. The normalized spacial score (nSPS) is 15.3. The highest BCUT2D eigenvalue weighted by Crippen LogP contribution is 2.25. The number of unbranched alkanes of at least 4 members (excludes halogenated alkanes) is 1. The van der Waals surface area contributed by atoms with Crippen molar-refractivity contribution in [1.29, 1.82) is 0 Å². The fourth-order valence-electron chi connectivity index (χ4n) is 4.68. The number of likely N-dealkylation sites (tertiary alicyclic amines) is 1. The van der Waals surface area contributed by atoms with E-state index < -0.39 is 15.1 Å². The summed E-state index contributed by atoms with van der Waals surface area (Å²) in [5.74, 6) is -0.220. The van der Waals surface area contributed by atoms with Crippen LogP contribution in [0.2, 0.25) is 0 Å². The molecule has 1 aliphatic heterocycles. The lowest BCUT2D eigenvalue weighted by molar-refractivity contribution is 0.0714. The minimum absolute atomic E-state index is 0.0550. The molecule has 12 heteroatoms. The molecule has 184 valence electrons. The van der Waals surface area contributed by atoms with Crippen LogP contribution in [0.3, 0.4) is 0 Å². The third-order valence-corrected chi connectivity index (χ3v) is 8.85. The van der Waals surface area contributed by atoms with Gasteiger partial charge in [0.15, 0.2) is 0 Å². The number of hydrogen-bond donors (Lipinski definition) is 0. The lowest BCUT2D eigenvalue weighted by Gasteiger charge is -2.31. The summed E-state index contributed by atoms with van der Waals surface area (Å²) in [6.45, 7) is 3.22. The Morgan fingerprint density at radius 1 is 1.20 bits per heavy atom. The van der Waals surface area contributed by atoms with Gasteiger partial charge in [0, 0.05) is 32.9 Å². The molecule has 0 aromatic carbocycles. The van der Waals surface area contributed by atoms with E-state index in [1.807, 2.05) is 10.6 Å². The third kappa shape index (κ3) is 3.91. The molecule has 1 fully saturated rings. The minimum Gasteiger partial charge on any atom is -0.337 e. The van der Waals surface area contributed by atoms with Gasteiger partial charge in [0.05, 0.1) is 10.6 Å². The maximum atomic E-state index is 13.6. The number of fused-ring (bicyclic) bond motifs is 2. The molecule has 0 spiro atoms. The quantitative estimate of drug-likeness (QED) is 0.397. The lowest BCUT2D eigenvalue weighted by atomic mass is 10.1. The fourth-order valence-corrected chi connectivity index (χ4v) is 6.42. The largest absolute Gasteiger partial charge is 0.337 e. The SMILES string of the molecule is CCCCn1c(C(=O)N2CCC(S(=O)(=O)c3nncn3C)CC2)cc2c(=O)n3ccccc3nc21. The molecule has 5 heterocycles. The van der Waals surface area contributed by atoms with Crippen molar-refractivity contribution in [1.82, 2.24) is 33.6 Å². The van der Waals surface area contributed by atoms with Crippen LogP contribution in [0.4, 0.5) is 0 Å². The molecule has 1 aliphatic rings. The molecule has 35 heavy (non-hydrogen) atoms. The molecule has 11 nitrogen and oxygen atoms in total. The van der Waals surface area contributed by atoms with Gasteiger partial charge in [0.2, 0.25) is 15.0 Å². The van der Waals surface area contributed by atoms with E-state index in [0.717, 1.165) is 12.8 Å². The molecular formula is C23H27N7O4S. The van der Waals surface area contributed by atoms with E-state index in [1.54, 1.807) is 36.3 Å². The fraction of sp³-hybridized carbons (Fsp3) is 0.435. The lowest BCUT2D eigenvalue weighted by Crippen LogP contribution is -2.43. The number of carbonyl (C=O) groups is 1. The van der Waals surface area contributed by atoms with Gasteiger partial charge in [-0.25, -0.2) is 13.4 Å². The Kier molecular flexibility index (Phi) is 5.91. The number of piperidine rings is 1. The zero-order valence-electron chi connectivity index (χ0n) is 19.7. The topological polar surface area (TPSA) is 124 Å². The molecule has 0 N–H and O–H groups in total. The predicted molar refractivity (Wildman–Crippen MR) is 129 cm³/mol. The van der Waals surface area contributed by atoms with Crippen LogP contribution >= 0.6 is 0 Å². The molecule has 5 rings (SSSR count). The number of aryl methyl sites for hydroxylation is 2. The van der Waals surface area contributed by atoms with Gasteiger partial charge in [-0.05, 0) is 37.5 Å². The molecule has 0 unspecified atom stereocenters. The molecule has 4 aromatic heterocycles. The van der Waals surface area contributed by atoms with Gasteiger partial charge in [-0.2, -0.15) is 0 Å². The first-order valence-electron chi connectivity index (χ1n) is 11.7. The van der Waals surface area contributed by atoms with Gasteiger partial charge in [-0.1, -0.05) is 19.4 Å². The van der Waals surface area contributed by atoms with E-state index in [-0.39, 0.29) is 16.6 Å². The van der Waals surface area contributed by atoms with Gasteiger partial charge < -0.3 is 14.0 Å². The summed E-state index contributed by atoms with van der Waals surface area (Å²) in [6.07, 6.45) is 5.39. The zero-order chi connectivity index (χ0) is 24.7. The Balaban J connectivity index is 1.46. The Morgan fingerprint density at radius 3 is 2.66 bits per heavy atom. The minimum atomic E-state index is -3.64. The Morgan fingerprint density at radius 2 is 1.97 bits per heavy atom. The second-order valence-corrected chi connectivity index (χ2v) is 11.0. The molecule has 0 radical (unpaired) electrons. The van der Waals surface area contributed by atoms with Crippen molar-refractivity contribution in [3.8, 4) is 0 Å². The van der Waals surface area contributed by atoms with Crippen LogP contribution in [0.5, 0.6) is 0 Å². The van der Waals surface area contributed by atoms with Crippen LogP contribution in [0.1, 0.15) is 43.1 Å². The first kappa shape index (κ1) is 23.2. The first-order chi connectivity index (χ1) is 16.8. The van der Waals surface area contributed by atoms with E-state index in [0.29, 0.717) is 54.9 Å². The number of amides is 1. The molecule has 1 saturated heterocycles. The molecule has 4 aromatic rings. The third-order valence-electron chi connectivity index (χ3n) is 6.62. The van der Waals surface area contributed by atoms with Crippen LogP contribution in [0, 0.1) is 0 Å². The summed E-state index contributed by atoms with van der Waals surface area (Å²) in [6, 6.07) is 6.98. The van der Waals surface area contributed by atoms with Crippen LogP contribution in [0.15, 0.2) is 46.7 Å². The van der Waals surface area contributed by atoms with Crippen molar-refractivity contribution in [2.24, 2.45) is 7.05 Å². The Labute approximate surface area is 201 Å². The van der Waals surface area contributed by atoms with E-state index in [2.05, 4.69) is 22.1 Å². The highest BCUT2D eigenvalue weighted by atomic mass is 32.2. The summed E-state index contributed by atoms with van der Waals surface area (Å²) in [7, 11) is -2.04. The standard InChI is InChI=1S/C23H27N7O4S/c1-3-4-10-29-18(14-17-20(29)25-19-7-5-6-11-30(19)21(17)31)22(32)28-12-8-16(9-13-28)35(33,34)23-26-24-15-27(23)2/h5-7,11,14-16H,3-4,8-10,12-13H2,1-2H3. The van der Waals surface area contributed by atoms with Crippen molar-refractivity contribution in [3.05, 3.63) is 52.8 Å². The van der Waals surface area contributed by atoms with Gasteiger partial charge in [0.25, 0.3) is 11.5 Å². The van der Waals surface area contributed by atoms with Gasteiger partial charge >= 0.3 is 0 Å². The summed E-state index contributed by atoms with van der Waals surface area (Å²) < 4.78 is 30.7. The number of aromatic nitrogens is 6. The Hall–Kier alpha value is -3.54. The number of nitrogens with zero attached hydrogens (tertiary/aromatic N) is 7. The molecule has 0 aliphatic carbocycles. The number of carbonyl (C=O) groups excluding carboxylic acids is 1. The average Bonchev–Trinajstić information content (AvgIpc) is 3.46. The van der Waals surface area contributed by atoms with Crippen LogP contribution in [-0.2, 0) is 23.4 Å². The number of rotatable bonds is 6. The van der Waals surface area contributed by atoms with Crippen molar-refractivity contribution >= 4 is 32.4 Å². The van der Waals surface area contributed by atoms with Gasteiger partial charge in [-0.15, -0.1) is 10.2 Å². The maximum absolute atomic E-state index is 13.6. The van der Waals surface area contributed by atoms with Crippen LogP contribution < -0.4 is 5.56 Å². The van der Waals surface area contributed by atoms with Gasteiger partial charge in [0.1, 0.15) is 23.3 Å². The van der Waals surface area contributed by atoms with E-state index in [9.17, 15) is 18.0 Å². The van der Waals surface area contributed by atoms with Crippen molar-refractivity contribution in [2.45, 2.75) is 49.6 Å².